The molecule has 0 bridgehead atoms. The minimum atomic E-state index is 0.517. The molecule has 4 rings (SSSR count). The molecular weight excluding hydrogens is 346 g/mol. The topological polar surface area (TPSA) is 44.3 Å². The van der Waals surface area contributed by atoms with Gasteiger partial charge in [0, 0.05) is 30.0 Å². The van der Waals surface area contributed by atoms with E-state index in [1.807, 2.05) is 6.20 Å². The van der Waals surface area contributed by atoms with Crippen LogP contribution >= 0.6 is 0 Å². The number of nitrogens with one attached hydrogen (secondary N) is 1. The van der Waals surface area contributed by atoms with Gasteiger partial charge in [0.05, 0.1) is 0 Å². The van der Waals surface area contributed by atoms with Gasteiger partial charge in [0.1, 0.15) is 5.82 Å². The van der Waals surface area contributed by atoms with Crippen molar-refractivity contribution in [3.63, 3.8) is 0 Å². The van der Waals surface area contributed by atoms with E-state index in [1.165, 1.54) is 50.0 Å². The molecule has 5 heteroatoms. The summed E-state index contributed by atoms with van der Waals surface area (Å²) in [6.45, 7) is 9.36. The van der Waals surface area contributed by atoms with Gasteiger partial charge in [0.15, 0.2) is 0 Å². The Kier molecular flexibility index (Phi) is 6.10. The molecule has 1 atom stereocenters. The highest BCUT2D eigenvalue weighted by molar-refractivity contribution is 5.59. The summed E-state index contributed by atoms with van der Waals surface area (Å²) in [4.78, 5) is 14.3. The molecule has 1 aromatic heterocycles. The van der Waals surface area contributed by atoms with Crippen LogP contribution < -0.4 is 10.2 Å². The van der Waals surface area contributed by atoms with E-state index in [1.54, 1.807) is 0 Å². The van der Waals surface area contributed by atoms with E-state index >= 15 is 0 Å². The Bertz CT molecular complexity index is 767. The van der Waals surface area contributed by atoms with Gasteiger partial charge in [0.2, 0.25) is 5.95 Å². The third-order valence-electron chi connectivity index (χ3n) is 6.21. The minimum Gasteiger partial charge on any atom is -0.353 e. The number of nitrogens with zero attached hydrogens (tertiary/aromatic N) is 4. The highest BCUT2D eigenvalue weighted by Gasteiger charge is 2.24. The zero-order chi connectivity index (χ0) is 19.3. The zero-order valence-electron chi connectivity index (χ0n) is 17.3. The van der Waals surface area contributed by atoms with Crippen molar-refractivity contribution in [2.24, 2.45) is 0 Å². The van der Waals surface area contributed by atoms with Crippen LogP contribution in [0.2, 0.25) is 0 Å². The highest BCUT2D eigenvalue weighted by atomic mass is 15.3. The van der Waals surface area contributed by atoms with Crippen molar-refractivity contribution in [2.45, 2.75) is 58.4 Å². The van der Waals surface area contributed by atoms with Gasteiger partial charge in [-0.3, -0.25) is 0 Å². The number of hydrogen-bond donors (Lipinski definition) is 1. The van der Waals surface area contributed by atoms with E-state index in [0.717, 1.165) is 37.3 Å². The molecule has 1 fully saturated rings. The maximum Gasteiger partial charge on any atom is 0.229 e. The predicted molar refractivity (Wildman–Crippen MR) is 117 cm³/mol. The quantitative estimate of drug-likeness (QED) is 0.736. The van der Waals surface area contributed by atoms with E-state index in [9.17, 15) is 0 Å². The molecule has 0 spiro atoms. The molecule has 1 aromatic carbocycles. The number of fused-ring (bicyclic) bond motifs is 1. The fourth-order valence-electron chi connectivity index (χ4n) is 4.28. The van der Waals surface area contributed by atoms with Gasteiger partial charge >= 0.3 is 0 Å². The lowest BCUT2D eigenvalue weighted by Crippen LogP contribution is -2.31. The van der Waals surface area contributed by atoms with Crippen molar-refractivity contribution in [3.8, 4) is 0 Å². The van der Waals surface area contributed by atoms with Crippen molar-refractivity contribution in [1.82, 2.24) is 14.9 Å². The van der Waals surface area contributed by atoms with Gasteiger partial charge in [-0.25, -0.2) is 4.98 Å². The number of likely N-dealkylation sites (tertiary alicyclic amines) is 1. The number of aryl methyl sites for hydroxylation is 1. The molecule has 1 saturated heterocycles. The second-order valence-corrected chi connectivity index (χ2v) is 8.22. The molecule has 28 heavy (non-hydrogen) atoms. The molecule has 1 unspecified atom stereocenters. The van der Waals surface area contributed by atoms with Gasteiger partial charge in [0.25, 0.3) is 0 Å². The Morgan fingerprint density at radius 1 is 1.11 bits per heavy atom. The Morgan fingerprint density at radius 2 is 1.89 bits per heavy atom. The SMILES string of the molecule is CCC(C)N1CCc2cnc(Nc3ccc(CCCN4CCCC4)cc3)nc21. The molecule has 3 heterocycles. The van der Waals surface area contributed by atoms with E-state index in [0.29, 0.717) is 12.0 Å². The Morgan fingerprint density at radius 3 is 2.64 bits per heavy atom. The average molecular weight is 380 g/mol. The third-order valence-corrected chi connectivity index (χ3v) is 6.21. The van der Waals surface area contributed by atoms with Crippen LogP contribution in [0.3, 0.4) is 0 Å². The molecule has 2 aliphatic rings. The molecule has 0 amide bonds. The molecule has 1 N–H and O–H groups in total. The van der Waals surface area contributed by atoms with Crippen molar-refractivity contribution >= 4 is 17.5 Å². The van der Waals surface area contributed by atoms with Gasteiger partial charge in [-0.15, -0.1) is 0 Å². The van der Waals surface area contributed by atoms with E-state index in [-0.39, 0.29) is 0 Å². The first-order valence-corrected chi connectivity index (χ1v) is 10.9. The van der Waals surface area contributed by atoms with E-state index < -0.39 is 0 Å². The van der Waals surface area contributed by atoms with Crippen LogP contribution in [0, 0.1) is 0 Å². The third kappa shape index (κ3) is 4.46. The number of rotatable bonds is 8. The monoisotopic (exact) mass is 379 g/mol. The van der Waals surface area contributed by atoms with Crippen LogP contribution in [0.5, 0.6) is 0 Å². The number of benzene rings is 1. The van der Waals surface area contributed by atoms with Crippen LogP contribution in [0.4, 0.5) is 17.5 Å². The molecule has 2 aliphatic heterocycles. The lowest BCUT2D eigenvalue weighted by atomic mass is 10.1. The van der Waals surface area contributed by atoms with Gasteiger partial charge < -0.3 is 15.1 Å². The summed E-state index contributed by atoms with van der Waals surface area (Å²) in [5, 5.41) is 3.38. The first kappa shape index (κ1) is 19.2. The van der Waals surface area contributed by atoms with Crippen molar-refractivity contribution in [1.29, 1.82) is 0 Å². The maximum atomic E-state index is 4.81. The lowest BCUT2D eigenvalue weighted by molar-refractivity contribution is 0.334. The van der Waals surface area contributed by atoms with Crippen LogP contribution in [-0.4, -0.2) is 47.1 Å². The normalized spacial score (nSPS) is 17.7. The second-order valence-electron chi connectivity index (χ2n) is 8.22. The van der Waals surface area contributed by atoms with E-state index in [2.05, 4.69) is 58.2 Å². The molecule has 0 radical (unpaired) electrons. The first-order valence-electron chi connectivity index (χ1n) is 10.9. The Labute approximate surface area is 169 Å². The van der Waals surface area contributed by atoms with Crippen molar-refractivity contribution in [3.05, 3.63) is 41.6 Å². The van der Waals surface area contributed by atoms with Gasteiger partial charge in [-0.05, 0) is 82.8 Å². The summed E-state index contributed by atoms with van der Waals surface area (Å²) in [6.07, 6.45) is 9.31. The number of anilines is 3. The van der Waals surface area contributed by atoms with Gasteiger partial charge in [-0.1, -0.05) is 19.1 Å². The fourth-order valence-corrected chi connectivity index (χ4v) is 4.28. The summed E-state index contributed by atoms with van der Waals surface area (Å²) >= 11 is 0. The highest BCUT2D eigenvalue weighted by Crippen LogP contribution is 2.29. The second kappa shape index (κ2) is 8.91. The van der Waals surface area contributed by atoms with Gasteiger partial charge in [-0.2, -0.15) is 4.98 Å². The Balaban J connectivity index is 1.34. The standard InChI is InChI=1S/C23H33N5/c1-3-18(2)28-16-12-20-17-24-23(26-22(20)28)25-21-10-8-19(9-11-21)7-6-15-27-13-4-5-14-27/h8-11,17-18H,3-7,12-16H2,1-2H3,(H,24,25,26). The molecule has 0 aliphatic carbocycles. The summed E-state index contributed by atoms with van der Waals surface area (Å²) < 4.78 is 0. The minimum absolute atomic E-state index is 0.517. The largest absolute Gasteiger partial charge is 0.353 e. The van der Waals surface area contributed by atoms with Crippen LogP contribution in [0.15, 0.2) is 30.5 Å². The van der Waals surface area contributed by atoms with Crippen molar-refractivity contribution < 1.29 is 0 Å². The summed E-state index contributed by atoms with van der Waals surface area (Å²) in [7, 11) is 0. The fraction of sp³-hybridized carbons (Fsp3) is 0.565. The maximum absolute atomic E-state index is 4.81. The van der Waals surface area contributed by atoms with Crippen LogP contribution in [-0.2, 0) is 12.8 Å². The smallest absolute Gasteiger partial charge is 0.229 e. The van der Waals surface area contributed by atoms with Crippen LogP contribution in [0.25, 0.3) is 0 Å². The lowest BCUT2D eigenvalue weighted by Gasteiger charge is -2.25. The number of hydrogen-bond acceptors (Lipinski definition) is 5. The number of aromatic nitrogens is 2. The molecule has 150 valence electrons. The molecular formula is C23H33N5. The molecule has 5 nitrogen and oxygen atoms in total. The van der Waals surface area contributed by atoms with Crippen molar-refractivity contribution in [2.75, 3.05) is 36.4 Å². The summed E-state index contributed by atoms with van der Waals surface area (Å²) in [5.74, 6) is 1.79. The Hall–Kier alpha value is -2.14. The first-order chi connectivity index (χ1) is 13.7. The zero-order valence-corrected chi connectivity index (χ0v) is 17.3. The summed E-state index contributed by atoms with van der Waals surface area (Å²) in [5.41, 5.74) is 3.72. The summed E-state index contributed by atoms with van der Waals surface area (Å²) in [6, 6.07) is 9.27. The van der Waals surface area contributed by atoms with Crippen LogP contribution in [0.1, 0.15) is 50.7 Å². The molecule has 2 aromatic rings. The van der Waals surface area contributed by atoms with E-state index in [4.69, 9.17) is 4.98 Å². The predicted octanol–water partition coefficient (Wildman–Crippen LogP) is 4.41. The average Bonchev–Trinajstić information content (AvgIpc) is 3.38. The molecule has 0 saturated carbocycles.